The third kappa shape index (κ3) is 4.13. The molecule has 4 aromatic rings. The minimum atomic E-state index is -0.452. The summed E-state index contributed by atoms with van der Waals surface area (Å²) in [5, 5.41) is 4.39. The Morgan fingerprint density at radius 2 is 2.06 bits per heavy atom. The molecule has 2 aromatic carbocycles. The molecule has 1 saturated heterocycles. The first kappa shape index (κ1) is 22.7. The average molecular weight is 483 g/mol. The van der Waals surface area contributed by atoms with Crippen molar-refractivity contribution in [3.05, 3.63) is 77.3 Å². The summed E-state index contributed by atoms with van der Waals surface area (Å²) in [5.41, 5.74) is 4.82. The van der Waals surface area contributed by atoms with E-state index in [1.165, 1.54) is 0 Å². The summed E-state index contributed by atoms with van der Waals surface area (Å²) in [5.74, 6) is 1.18. The highest BCUT2D eigenvalue weighted by Crippen LogP contribution is 2.49. The second-order valence-electron chi connectivity index (χ2n) is 10.1. The van der Waals surface area contributed by atoms with Gasteiger partial charge in [0.1, 0.15) is 18.6 Å². The number of fused-ring (bicyclic) bond motifs is 1. The van der Waals surface area contributed by atoms with Crippen LogP contribution in [0, 0.1) is 13.8 Å². The number of nitrogens with zero attached hydrogens (tertiary/aromatic N) is 3. The van der Waals surface area contributed by atoms with Gasteiger partial charge in [-0.1, -0.05) is 12.1 Å². The molecular formula is C29H30N4O3. The van der Waals surface area contributed by atoms with Crippen molar-refractivity contribution in [3.8, 4) is 17.2 Å². The summed E-state index contributed by atoms with van der Waals surface area (Å²) >= 11 is 0. The van der Waals surface area contributed by atoms with Crippen molar-refractivity contribution in [3.63, 3.8) is 0 Å². The quantitative estimate of drug-likeness (QED) is 0.399. The van der Waals surface area contributed by atoms with Crippen LogP contribution < -0.4 is 10.1 Å². The zero-order chi connectivity index (χ0) is 24.9. The Bertz CT molecular complexity index is 1440. The summed E-state index contributed by atoms with van der Waals surface area (Å²) in [7, 11) is 2.11. The Morgan fingerprint density at radius 1 is 1.19 bits per heavy atom. The number of hydrogen-bond donors (Lipinski definition) is 1. The smallest absolute Gasteiger partial charge is 0.252 e. The van der Waals surface area contributed by atoms with E-state index in [0.29, 0.717) is 24.1 Å². The first-order valence-corrected chi connectivity index (χ1v) is 12.5. The molecule has 1 aliphatic carbocycles. The van der Waals surface area contributed by atoms with Gasteiger partial charge in [0.05, 0.1) is 17.3 Å². The maximum atomic E-state index is 13.6. The molecule has 1 saturated carbocycles. The lowest BCUT2D eigenvalue weighted by molar-refractivity contribution is 0.0767. The molecule has 6 rings (SSSR count). The predicted octanol–water partition coefficient (Wildman–Crippen LogP) is 5.01. The second kappa shape index (κ2) is 8.75. The molecule has 1 aliphatic heterocycles. The summed E-state index contributed by atoms with van der Waals surface area (Å²) < 4.78 is 11.6. The highest BCUT2D eigenvalue weighted by atomic mass is 16.5. The average Bonchev–Trinajstić information content (AvgIpc) is 3.42. The number of amides is 1. The number of hydrogen-bond acceptors (Lipinski definition) is 6. The first-order chi connectivity index (χ1) is 17.4. The van der Waals surface area contributed by atoms with Gasteiger partial charge in [-0.3, -0.25) is 14.7 Å². The first-order valence-electron chi connectivity index (χ1n) is 12.5. The molecule has 0 spiro atoms. The van der Waals surface area contributed by atoms with Crippen molar-refractivity contribution in [1.82, 2.24) is 20.2 Å². The minimum Gasteiger partial charge on any atom is -0.492 e. The van der Waals surface area contributed by atoms with Gasteiger partial charge in [-0.2, -0.15) is 0 Å². The van der Waals surface area contributed by atoms with Gasteiger partial charge in [0.25, 0.3) is 5.91 Å². The van der Waals surface area contributed by atoms with Gasteiger partial charge in [0.15, 0.2) is 0 Å². The van der Waals surface area contributed by atoms with Crippen LogP contribution in [0.15, 0.2) is 59.3 Å². The molecule has 36 heavy (non-hydrogen) atoms. The Kier molecular flexibility index (Phi) is 5.52. The van der Waals surface area contributed by atoms with E-state index < -0.39 is 5.54 Å². The van der Waals surface area contributed by atoms with Gasteiger partial charge in [-0.05, 0) is 88.2 Å². The largest absolute Gasteiger partial charge is 0.492 e. The molecular weight excluding hydrogens is 452 g/mol. The predicted molar refractivity (Wildman–Crippen MR) is 138 cm³/mol. The Hall–Kier alpha value is -3.71. The zero-order valence-corrected chi connectivity index (χ0v) is 20.9. The van der Waals surface area contributed by atoms with Crippen molar-refractivity contribution in [2.75, 3.05) is 20.2 Å². The molecule has 2 aliphatic rings. The molecule has 7 heteroatoms. The van der Waals surface area contributed by atoms with Crippen LogP contribution in [0.2, 0.25) is 0 Å². The van der Waals surface area contributed by atoms with Crippen molar-refractivity contribution < 1.29 is 13.9 Å². The number of pyridine rings is 1. The SMILES string of the molecule is Cc1ccc2c(C3(NC(=O)c4cc(OC[C@@H]5CCN5C)ccc4C)CC3)cc(-c3ncco3)cc2n1. The number of carbonyl (C=O) groups excluding carboxylic acids is 1. The normalized spacial score (nSPS) is 18.6. The van der Waals surface area contributed by atoms with Gasteiger partial charge in [0.2, 0.25) is 5.89 Å². The highest BCUT2D eigenvalue weighted by molar-refractivity contribution is 5.98. The number of nitrogens with one attached hydrogen (secondary N) is 1. The van der Waals surface area contributed by atoms with Crippen LogP contribution >= 0.6 is 0 Å². The monoisotopic (exact) mass is 482 g/mol. The highest BCUT2D eigenvalue weighted by Gasteiger charge is 2.47. The lowest BCUT2D eigenvalue weighted by Gasteiger charge is -2.37. The Labute approximate surface area is 210 Å². The number of likely N-dealkylation sites (N-methyl/N-ethyl adjacent to an activating group) is 1. The van der Waals surface area contributed by atoms with Crippen LogP contribution in [-0.4, -0.2) is 47.0 Å². The number of aryl methyl sites for hydroxylation is 2. The molecule has 184 valence electrons. The van der Waals surface area contributed by atoms with Crippen molar-refractivity contribution in [2.45, 2.75) is 44.7 Å². The number of benzene rings is 2. The third-order valence-corrected chi connectivity index (χ3v) is 7.58. The molecule has 2 aromatic heterocycles. The second-order valence-corrected chi connectivity index (χ2v) is 10.1. The van der Waals surface area contributed by atoms with Crippen molar-refractivity contribution in [1.29, 1.82) is 0 Å². The summed E-state index contributed by atoms with van der Waals surface area (Å²) in [6.07, 6.45) is 6.07. The molecule has 2 fully saturated rings. The van der Waals surface area contributed by atoms with E-state index >= 15 is 0 Å². The molecule has 7 nitrogen and oxygen atoms in total. The summed E-state index contributed by atoms with van der Waals surface area (Å²) in [6, 6.07) is 14.4. The standard InChI is InChI=1S/C29H30N4O3/c1-18-4-6-22(36-17-21-8-12-33(21)3)16-24(18)27(34)32-29(9-10-29)25-14-20(28-30-11-13-35-28)15-26-23(25)7-5-19(2)31-26/h4-7,11,13-16,21H,8-10,12,17H2,1-3H3,(H,32,34)/t21-/m0/s1. The Morgan fingerprint density at radius 3 is 2.75 bits per heavy atom. The van der Waals surface area contributed by atoms with Gasteiger partial charge in [0, 0.05) is 28.2 Å². The molecule has 0 radical (unpaired) electrons. The number of rotatable bonds is 7. The molecule has 1 N–H and O–H groups in total. The van der Waals surface area contributed by atoms with Crippen LogP contribution in [0.1, 0.15) is 46.4 Å². The van der Waals surface area contributed by atoms with Gasteiger partial charge >= 0.3 is 0 Å². The number of ether oxygens (including phenoxy) is 1. The van der Waals surface area contributed by atoms with E-state index in [4.69, 9.17) is 14.1 Å². The van der Waals surface area contributed by atoms with Gasteiger partial charge in [-0.25, -0.2) is 4.98 Å². The van der Waals surface area contributed by atoms with E-state index in [-0.39, 0.29) is 5.91 Å². The molecule has 1 amide bonds. The zero-order valence-electron chi connectivity index (χ0n) is 20.9. The van der Waals surface area contributed by atoms with Crippen LogP contribution in [0.4, 0.5) is 0 Å². The summed E-state index contributed by atoms with van der Waals surface area (Å²) in [6.45, 7) is 5.69. The Balaban J connectivity index is 1.31. The van der Waals surface area contributed by atoms with Crippen molar-refractivity contribution in [2.24, 2.45) is 0 Å². The van der Waals surface area contributed by atoms with Gasteiger partial charge < -0.3 is 14.5 Å². The minimum absolute atomic E-state index is 0.0917. The van der Waals surface area contributed by atoms with Gasteiger partial charge in [-0.15, -0.1) is 0 Å². The summed E-state index contributed by atoms with van der Waals surface area (Å²) in [4.78, 5) is 25.0. The number of carbonyl (C=O) groups is 1. The van der Waals surface area contributed by atoms with E-state index in [1.807, 2.05) is 44.2 Å². The fourth-order valence-corrected chi connectivity index (χ4v) is 5.00. The topological polar surface area (TPSA) is 80.5 Å². The molecule has 0 bridgehead atoms. The van der Waals surface area contributed by atoms with E-state index in [1.54, 1.807) is 12.5 Å². The van der Waals surface area contributed by atoms with E-state index in [0.717, 1.165) is 64.8 Å². The maximum Gasteiger partial charge on any atom is 0.252 e. The fraction of sp³-hybridized carbons (Fsp3) is 0.345. The maximum absolute atomic E-state index is 13.6. The molecule has 3 heterocycles. The van der Waals surface area contributed by atoms with Crippen LogP contribution in [-0.2, 0) is 5.54 Å². The lowest BCUT2D eigenvalue weighted by Crippen LogP contribution is -2.48. The van der Waals surface area contributed by atoms with Crippen LogP contribution in [0.3, 0.4) is 0 Å². The number of oxazole rings is 1. The fourth-order valence-electron chi connectivity index (χ4n) is 5.00. The molecule has 0 unspecified atom stereocenters. The number of likely N-dealkylation sites (tertiary alicyclic amines) is 1. The number of aromatic nitrogens is 2. The van der Waals surface area contributed by atoms with Crippen LogP contribution in [0.25, 0.3) is 22.4 Å². The van der Waals surface area contributed by atoms with Crippen molar-refractivity contribution >= 4 is 16.8 Å². The lowest BCUT2D eigenvalue weighted by atomic mass is 9.95. The van der Waals surface area contributed by atoms with E-state index in [2.05, 4.69) is 34.4 Å². The van der Waals surface area contributed by atoms with Crippen LogP contribution in [0.5, 0.6) is 5.75 Å². The third-order valence-electron chi connectivity index (χ3n) is 7.58. The van der Waals surface area contributed by atoms with E-state index in [9.17, 15) is 4.79 Å². The molecule has 1 atom stereocenters.